The molecule has 0 unspecified atom stereocenters. The minimum absolute atomic E-state index is 0.514. The number of nitrogens with two attached hydrogens (primary N) is 1. The molecule has 1 aliphatic rings. The zero-order chi connectivity index (χ0) is 10.1. The Hall–Kier alpha value is -1.36. The first kappa shape index (κ1) is 9.21. The van der Waals surface area contributed by atoms with Crippen LogP contribution in [0.4, 0.5) is 11.4 Å². The van der Waals surface area contributed by atoms with Crippen molar-refractivity contribution >= 4 is 18.4 Å². The lowest BCUT2D eigenvalue weighted by atomic mass is 9.83. The third kappa shape index (κ3) is 1.51. The number of fused-ring (bicyclic) bond motifs is 1. The van der Waals surface area contributed by atoms with Crippen molar-refractivity contribution in [2.75, 3.05) is 23.7 Å². The molecule has 4 nitrogen and oxygen atoms in total. The van der Waals surface area contributed by atoms with Crippen LogP contribution in [0.25, 0.3) is 0 Å². The molecule has 2 rings (SSSR count). The Kier molecular flexibility index (Phi) is 2.25. The molecule has 0 radical (unpaired) electrons. The molecule has 0 fully saturated rings. The van der Waals surface area contributed by atoms with E-state index in [-0.39, 0.29) is 0 Å². The Morgan fingerprint density at radius 1 is 1.57 bits per heavy atom. The van der Waals surface area contributed by atoms with E-state index in [1.165, 1.54) is 0 Å². The van der Waals surface area contributed by atoms with Gasteiger partial charge >= 0.3 is 7.05 Å². The number of hydrogen-bond acceptors (Lipinski definition) is 4. The van der Waals surface area contributed by atoms with Crippen LogP contribution in [0.1, 0.15) is 0 Å². The fourth-order valence-corrected chi connectivity index (χ4v) is 1.64. The van der Waals surface area contributed by atoms with Gasteiger partial charge in [-0.05, 0) is 25.0 Å². The zero-order valence-corrected chi connectivity index (χ0v) is 8.10. The van der Waals surface area contributed by atoms with E-state index in [9.17, 15) is 5.02 Å². The summed E-state index contributed by atoms with van der Waals surface area (Å²) in [5, 5.41) is 9.54. The van der Waals surface area contributed by atoms with Gasteiger partial charge in [0.1, 0.15) is 12.4 Å². The highest BCUT2D eigenvalue weighted by Gasteiger charge is 2.23. The van der Waals surface area contributed by atoms with Crippen LogP contribution in [0.2, 0.25) is 6.82 Å². The van der Waals surface area contributed by atoms with Crippen LogP contribution in [0.3, 0.4) is 0 Å². The van der Waals surface area contributed by atoms with Gasteiger partial charge in [-0.2, -0.15) is 0 Å². The first-order valence-corrected chi connectivity index (χ1v) is 4.65. The van der Waals surface area contributed by atoms with Crippen molar-refractivity contribution in [3.63, 3.8) is 0 Å². The third-order valence-corrected chi connectivity index (χ3v) is 2.33. The molecule has 0 aromatic heterocycles. The van der Waals surface area contributed by atoms with Crippen molar-refractivity contribution in [3.8, 4) is 5.75 Å². The second-order valence-corrected chi connectivity index (χ2v) is 3.40. The average Bonchev–Trinajstić information content (AvgIpc) is 2.16. The van der Waals surface area contributed by atoms with Gasteiger partial charge in [0.25, 0.3) is 0 Å². The molecule has 1 heterocycles. The molecule has 0 aliphatic carbocycles. The van der Waals surface area contributed by atoms with Crippen LogP contribution >= 0.6 is 0 Å². The minimum Gasteiger partial charge on any atom is -0.490 e. The van der Waals surface area contributed by atoms with Crippen LogP contribution in [0, 0.1) is 0 Å². The highest BCUT2D eigenvalue weighted by molar-refractivity contribution is 6.54. The van der Waals surface area contributed by atoms with Crippen molar-refractivity contribution in [2.24, 2.45) is 0 Å². The van der Waals surface area contributed by atoms with Crippen molar-refractivity contribution in [1.82, 2.24) is 0 Å². The topological polar surface area (TPSA) is 58.7 Å². The monoisotopic (exact) mass is 192 g/mol. The lowest BCUT2D eigenvalue weighted by Crippen LogP contribution is -2.42. The van der Waals surface area contributed by atoms with Crippen LogP contribution in [-0.2, 0) is 0 Å². The highest BCUT2D eigenvalue weighted by atomic mass is 16.5. The van der Waals surface area contributed by atoms with E-state index in [2.05, 4.69) is 0 Å². The van der Waals surface area contributed by atoms with Gasteiger partial charge in [0.05, 0.1) is 5.69 Å². The molecule has 1 aromatic rings. The molecule has 1 aliphatic heterocycles. The molecule has 0 saturated carbocycles. The van der Waals surface area contributed by atoms with Gasteiger partial charge in [-0.3, -0.25) is 0 Å². The summed E-state index contributed by atoms with van der Waals surface area (Å²) in [6.07, 6.45) is 0. The predicted octanol–water partition coefficient (Wildman–Crippen LogP) is 0.578. The number of ether oxygens (including phenoxy) is 1. The minimum atomic E-state index is -0.514. The molecule has 3 N–H and O–H groups in total. The quantitative estimate of drug-likeness (QED) is 0.504. The van der Waals surface area contributed by atoms with Crippen molar-refractivity contribution < 1.29 is 9.76 Å². The maximum atomic E-state index is 9.54. The molecule has 74 valence electrons. The lowest BCUT2D eigenvalue weighted by Gasteiger charge is -2.32. The molecular formula is C9H13BN2O2. The highest BCUT2D eigenvalue weighted by Crippen LogP contribution is 2.33. The fraction of sp³-hybridized carbons (Fsp3) is 0.333. The molecule has 0 saturated heterocycles. The van der Waals surface area contributed by atoms with Crippen molar-refractivity contribution in [2.45, 2.75) is 6.82 Å². The Bertz CT molecular complexity index is 344. The zero-order valence-electron chi connectivity index (χ0n) is 8.10. The maximum absolute atomic E-state index is 9.54. The lowest BCUT2D eigenvalue weighted by molar-refractivity contribution is 0.313. The van der Waals surface area contributed by atoms with E-state index in [4.69, 9.17) is 10.5 Å². The number of nitrogen functional groups attached to an aromatic ring is 1. The van der Waals surface area contributed by atoms with E-state index in [0.29, 0.717) is 18.8 Å². The molecule has 0 spiro atoms. The van der Waals surface area contributed by atoms with Gasteiger partial charge in [0.15, 0.2) is 0 Å². The molecule has 5 heteroatoms. The fourth-order valence-electron chi connectivity index (χ4n) is 1.64. The summed E-state index contributed by atoms with van der Waals surface area (Å²) in [7, 11) is -0.514. The summed E-state index contributed by atoms with van der Waals surface area (Å²) in [5.74, 6) is 0.784. The Morgan fingerprint density at radius 3 is 3.07 bits per heavy atom. The first-order valence-electron chi connectivity index (χ1n) is 4.65. The van der Waals surface area contributed by atoms with Crippen LogP contribution in [0.15, 0.2) is 18.2 Å². The Balaban J connectivity index is 2.41. The Labute approximate surface area is 83.4 Å². The standard InChI is InChI=1S/C9H13BN2O2/c1-10(13)12-4-5-14-9-3-2-7(11)6-8(9)12/h2-3,6,13H,4-5,11H2,1H3. The Morgan fingerprint density at radius 2 is 2.36 bits per heavy atom. The summed E-state index contributed by atoms with van der Waals surface area (Å²) in [5.41, 5.74) is 7.23. The number of nitrogens with zero attached hydrogens (tertiary/aromatic N) is 1. The smallest absolute Gasteiger partial charge is 0.409 e. The maximum Gasteiger partial charge on any atom is 0.409 e. The number of rotatable bonds is 1. The van der Waals surface area contributed by atoms with Gasteiger partial charge in [0, 0.05) is 12.2 Å². The number of hydrogen-bond donors (Lipinski definition) is 2. The van der Waals surface area contributed by atoms with E-state index in [0.717, 1.165) is 11.4 Å². The molecule has 0 bridgehead atoms. The summed E-state index contributed by atoms with van der Waals surface area (Å²) >= 11 is 0. The second-order valence-electron chi connectivity index (χ2n) is 3.40. The van der Waals surface area contributed by atoms with E-state index in [1.807, 2.05) is 16.9 Å². The van der Waals surface area contributed by atoms with Gasteiger partial charge in [-0.15, -0.1) is 0 Å². The van der Waals surface area contributed by atoms with E-state index in [1.54, 1.807) is 12.9 Å². The SMILES string of the molecule is CB(O)N1CCOc2ccc(N)cc21. The third-order valence-electron chi connectivity index (χ3n) is 2.33. The molecule has 14 heavy (non-hydrogen) atoms. The van der Waals surface area contributed by atoms with Gasteiger partial charge < -0.3 is 20.3 Å². The van der Waals surface area contributed by atoms with Gasteiger partial charge in [-0.25, -0.2) is 0 Å². The van der Waals surface area contributed by atoms with E-state index >= 15 is 0 Å². The summed E-state index contributed by atoms with van der Waals surface area (Å²) < 4.78 is 5.45. The van der Waals surface area contributed by atoms with E-state index < -0.39 is 7.05 Å². The molecular weight excluding hydrogens is 179 g/mol. The van der Waals surface area contributed by atoms with Crippen molar-refractivity contribution in [1.29, 1.82) is 0 Å². The van der Waals surface area contributed by atoms with Crippen molar-refractivity contribution in [3.05, 3.63) is 18.2 Å². The molecule has 1 aromatic carbocycles. The molecule has 0 atom stereocenters. The van der Waals surface area contributed by atoms with Gasteiger partial charge in [-0.1, -0.05) is 0 Å². The average molecular weight is 192 g/mol. The molecule has 0 amide bonds. The largest absolute Gasteiger partial charge is 0.490 e. The van der Waals surface area contributed by atoms with Crippen LogP contribution in [-0.4, -0.2) is 25.2 Å². The normalized spacial score (nSPS) is 14.6. The number of benzene rings is 1. The summed E-state index contributed by atoms with van der Waals surface area (Å²) in [6.45, 7) is 3.02. The predicted molar refractivity (Wildman–Crippen MR) is 57.5 cm³/mol. The summed E-state index contributed by atoms with van der Waals surface area (Å²) in [6, 6.07) is 5.45. The second kappa shape index (κ2) is 3.42. The number of anilines is 2. The first-order chi connectivity index (χ1) is 6.68. The van der Waals surface area contributed by atoms with Crippen LogP contribution in [0.5, 0.6) is 5.75 Å². The van der Waals surface area contributed by atoms with Crippen LogP contribution < -0.4 is 15.3 Å². The van der Waals surface area contributed by atoms with Gasteiger partial charge in [0.2, 0.25) is 0 Å². The summed E-state index contributed by atoms with van der Waals surface area (Å²) in [4.78, 5) is 1.87.